The molecule has 21 heavy (non-hydrogen) atoms. The molecule has 0 saturated heterocycles. The van der Waals surface area contributed by atoms with Gasteiger partial charge >= 0.3 is 5.97 Å². The van der Waals surface area contributed by atoms with Gasteiger partial charge in [-0.05, 0) is 39.0 Å². The summed E-state index contributed by atoms with van der Waals surface area (Å²) in [6.07, 6.45) is 5.77. The molecule has 1 aliphatic carbocycles. The Labute approximate surface area is 127 Å². The topological polar surface area (TPSA) is 72.0 Å². The number of hydrogen-bond acceptors (Lipinski definition) is 4. The van der Waals surface area contributed by atoms with E-state index in [-0.39, 0.29) is 18.1 Å². The van der Waals surface area contributed by atoms with Gasteiger partial charge in [-0.2, -0.15) is 0 Å². The maximum absolute atomic E-state index is 11.7. The average Bonchev–Trinajstić information content (AvgIpc) is 2.95. The lowest BCUT2D eigenvalue weighted by Crippen LogP contribution is -2.44. The molecule has 0 aromatic rings. The minimum absolute atomic E-state index is 0.0839. The molecule has 0 aliphatic heterocycles. The number of nitrogens with zero attached hydrogens (tertiary/aromatic N) is 1. The van der Waals surface area contributed by atoms with E-state index >= 15 is 0 Å². The first-order chi connectivity index (χ1) is 10.2. The Morgan fingerprint density at radius 2 is 2.10 bits per heavy atom. The second-order valence-corrected chi connectivity index (χ2v) is 5.50. The third-order valence-corrected chi connectivity index (χ3v) is 3.47. The molecule has 0 amide bonds. The summed E-state index contributed by atoms with van der Waals surface area (Å²) in [5, 5.41) is 6.40. The van der Waals surface area contributed by atoms with Crippen LogP contribution in [0.5, 0.6) is 0 Å². The Balaban J connectivity index is 2.09. The molecule has 0 bridgehead atoms. The molecule has 2 N–H and O–H groups in total. The summed E-state index contributed by atoms with van der Waals surface area (Å²) in [5.74, 6) is 0.642. The van der Waals surface area contributed by atoms with Crippen LogP contribution in [0, 0.1) is 0 Å². The molecule has 6 nitrogen and oxygen atoms in total. The fourth-order valence-electron chi connectivity index (χ4n) is 2.41. The summed E-state index contributed by atoms with van der Waals surface area (Å²) >= 11 is 0. The summed E-state index contributed by atoms with van der Waals surface area (Å²) in [6, 6.07) is 0.188. The van der Waals surface area contributed by atoms with Crippen LogP contribution >= 0.6 is 0 Å². The number of carbonyl (C=O) groups excluding carboxylic acids is 1. The normalized spacial score (nSPS) is 17.6. The lowest BCUT2D eigenvalue weighted by molar-refractivity contribution is -0.148. The number of rotatable bonds is 8. The molecule has 122 valence electrons. The molecule has 1 saturated carbocycles. The molecule has 1 atom stereocenters. The third kappa shape index (κ3) is 7.90. The van der Waals surface area contributed by atoms with Gasteiger partial charge < -0.3 is 20.1 Å². The van der Waals surface area contributed by atoms with Crippen LogP contribution in [0.4, 0.5) is 0 Å². The Morgan fingerprint density at radius 3 is 2.71 bits per heavy atom. The van der Waals surface area contributed by atoms with Crippen LogP contribution in [0.2, 0.25) is 0 Å². The number of methoxy groups -OCH3 is 1. The van der Waals surface area contributed by atoms with E-state index in [0.29, 0.717) is 19.6 Å². The van der Waals surface area contributed by atoms with Crippen molar-refractivity contribution in [1.82, 2.24) is 10.6 Å². The Hall–Kier alpha value is -1.30. The molecule has 0 aromatic carbocycles. The van der Waals surface area contributed by atoms with E-state index in [9.17, 15) is 4.79 Å². The molecule has 1 rings (SSSR count). The number of aliphatic imine (C=N–C) groups is 1. The first kappa shape index (κ1) is 17.8. The molecule has 1 aliphatic rings. The van der Waals surface area contributed by atoms with Crippen LogP contribution in [0.3, 0.4) is 0 Å². The molecule has 0 heterocycles. The van der Waals surface area contributed by atoms with E-state index in [1.165, 1.54) is 12.8 Å². The summed E-state index contributed by atoms with van der Waals surface area (Å²) in [6.45, 7) is 3.34. The van der Waals surface area contributed by atoms with Gasteiger partial charge in [-0.3, -0.25) is 9.79 Å². The van der Waals surface area contributed by atoms with E-state index in [0.717, 1.165) is 25.2 Å². The summed E-state index contributed by atoms with van der Waals surface area (Å²) < 4.78 is 10.5. The van der Waals surface area contributed by atoms with Gasteiger partial charge in [0.1, 0.15) is 6.10 Å². The SMILES string of the molecule is CN=C(NCCCC(=O)OC1CCCC1)NC(C)COC. The molecule has 0 radical (unpaired) electrons. The molecule has 1 fully saturated rings. The van der Waals surface area contributed by atoms with Crippen molar-refractivity contribution in [3.8, 4) is 0 Å². The zero-order valence-electron chi connectivity index (χ0n) is 13.5. The van der Waals surface area contributed by atoms with Gasteiger partial charge in [0, 0.05) is 33.2 Å². The lowest BCUT2D eigenvalue weighted by Gasteiger charge is -2.17. The number of guanidine groups is 1. The highest BCUT2D eigenvalue weighted by Crippen LogP contribution is 2.21. The van der Waals surface area contributed by atoms with Gasteiger partial charge in [-0.1, -0.05) is 0 Å². The van der Waals surface area contributed by atoms with Crippen LogP contribution in [0.1, 0.15) is 45.4 Å². The van der Waals surface area contributed by atoms with E-state index in [2.05, 4.69) is 15.6 Å². The maximum Gasteiger partial charge on any atom is 0.306 e. The number of ether oxygens (including phenoxy) is 2. The van der Waals surface area contributed by atoms with Crippen molar-refractivity contribution in [1.29, 1.82) is 0 Å². The predicted molar refractivity (Wildman–Crippen MR) is 83.4 cm³/mol. The van der Waals surface area contributed by atoms with Gasteiger partial charge in [0.2, 0.25) is 0 Å². The molecule has 6 heteroatoms. The monoisotopic (exact) mass is 299 g/mol. The van der Waals surface area contributed by atoms with Crippen LogP contribution in [0.25, 0.3) is 0 Å². The molecule has 0 spiro atoms. The highest BCUT2D eigenvalue weighted by atomic mass is 16.5. The quantitative estimate of drug-likeness (QED) is 0.307. The standard InChI is InChI=1S/C15H29N3O3/c1-12(11-20-3)18-15(16-2)17-10-6-9-14(19)21-13-7-4-5-8-13/h12-13H,4-11H2,1-3H3,(H2,16,17,18). The predicted octanol–water partition coefficient (Wildman–Crippen LogP) is 1.45. The second kappa shape index (κ2) is 10.4. The Bertz CT molecular complexity index is 328. The van der Waals surface area contributed by atoms with Gasteiger partial charge in [-0.15, -0.1) is 0 Å². The van der Waals surface area contributed by atoms with Crippen LogP contribution < -0.4 is 10.6 Å². The zero-order valence-corrected chi connectivity index (χ0v) is 13.5. The van der Waals surface area contributed by atoms with Crippen LogP contribution in [0.15, 0.2) is 4.99 Å². The summed E-state index contributed by atoms with van der Waals surface area (Å²) in [4.78, 5) is 15.8. The van der Waals surface area contributed by atoms with Crippen molar-refractivity contribution in [3.05, 3.63) is 0 Å². The largest absolute Gasteiger partial charge is 0.462 e. The first-order valence-electron chi connectivity index (χ1n) is 7.81. The van der Waals surface area contributed by atoms with Crippen LogP contribution in [-0.2, 0) is 14.3 Å². The minimum atomic E-state index is -0.0839. The summed E-state index contributed by atoms with van der Waals surface area (Å²) in [5.41, 5.74) is 0. The highest BCUT2D eigenvalue weighted by molar-refractivity contribution is 5.80. The second-order valence-electron chi connectivity index (χ2n) is 5.50. The van der Waals surface area contributed by atoms with Gasteiger partial charge in [0.15, 0.2) is 5.96 Å². The van der Waals surface area contributed by atoms with Crippen LogP contribution in [-0.4, -0.2) is 51.4 Å². The smallest absolute Gasteiger partial charge is 0.306 e. The molecule has 0 aromatic heterocycles. The van der Waals surface area contributed by atoms with E-state index in [1.807, 2.05) is 6.92 Å². The Kier molecular flexibility index (Phi) is 8.82. The average molecular weight is 299 g/mol. The van der Waals surface area contributed by atoms with Gasteiger partial charge in [0.05, 0.1) is 6.61 Å². The zero-order chi connectivity index (χ0) is 15.5. The molecular formula is C15H29N3O3. The minimum Gasteiger partial charge on any atom is -0.462 e. The first-order valence-corrected chi connectivity index (χ1v) is 7.81. The molecular weight excluding hydrogens is 270 g/mol. The number of esters is 1. The van der Waals surface area contributed by atoms with Crippen molar-refractivity contribution >= 4 is 11.9 Å². The van der Waals surface area contributed by atoms with Gasteiger partial charge in [-0.25, -0.2) is 0 Å². The van der Waals surface area contributed by atoms with E-state index in [1.54, 1.807) is 14.2 Å². The molecule has 1 unspecified atom stereocenters. The number of nitrogens with one attached hydrogen (secondary N) is 2. The van der Waals surface area contributed by atoms with Crippen molar-refractivity contribution in [2.45, 2.75) is 57.6 Å². The van der Waals surface area contributed by atoms with Crippen molar-refractivity contribution in [2.24, 2.45) is 4.99 Å². The fraction of sp³-hybridized carbons (Fsp3) is 0.867. The third-order valence-electron chi connectivity index (χ3n) is 3.47. The van der Waals surface area contributed by atoms with E-state index in [4.69, 9.17) is 9.47 Å². The number of hydrogen-bond donors (Lipinski definition) is 2. The van der Waals surface area contributed by atoms with Crippen molar-refractivity contribution in [3.63, 3.8) is 0 Å². The maximum atomic E-state index is 11.7. The fourth-order valence-corrected chi connectivity index (χ4v) is 2.41. The van der Waals surface area contributed by atoms with E-state index < -0.39 is 0 Å². The van der Waals surface area contributed by atoms with Crippen molar-refractivity contribution < 1.29 is 14.3 Å². The summed E-state index contributed by atoms with van der Waals surface area (Å²) in [7, 11) is 3.40. The number of carbonyl (C=O) groups is 1. The lowest BCUT2D eigenvalue weighted by atomic mass is 10.3. The van der Waals surface area contributed by atoms with Gasteiger partial charge in [0.25, 0.3) is 0 Å². The Morgan fingerprint density at radius 1 is 1.38 bits per heavy atom. The van der Waals surface area contributed by atoms with Crippen molar-refractivity contribution in [2.75, 3.05) is 27.3 Å². The highest BCUT2D eigenvalue weighted by Gasteiger charge is 2.18.